The summed E-state index contributed by atoms with van der Waals surface area (Å²) in [6.07, 6.45) is 0. The van der Waals surface area contributed by atoms with Crippen molar-refractivity contribution in [2.75, 3.05) is 39.2 Å². The van der Waals surface area contributed by atoms with E-state index in [1.807, 2.05) is 0 Å². The normalized spacial score (nSPS) is 11.5. The number of nitrogens with zero attached hydrogens (tertiary/aromatic N) is 1. The maximum absolute atomic E-state index is 2.28. The lowest BCUT2D eigenvalue weighted by Crippen LogP contribution is -3.00. The van der Waals surface area contributed by atoms with Gasteiger partial charge in [-0.3, -0.25) is 0 Å². The Kier molecular flexibility index (Phi) is 9.62. The maximum Gasteiger partial charge on any atom is 0.0872 e. The molecule has 0 aliphatic heterocycles. The fourth-order valence-corrected chi connectivity index (χ4v) is 1.97. The van der Waals surface area contributed by atoms with Gasteiger partial charge in [0.1, 0.15) is 0 Å². The molecule has 0 saturated carbocycles. The molecule has 1 nitrogen and oxygen atoms in total. The molecule has 0 rings (SSSR count). The Bertz CT molecular complexity index is 99.2. The highest BCUT2D eigenvalue weighted by molar-refractivity contribution is 7.99. The molecule has 0 unspecified atom stereocenters. The van der Waals surface area contributed by atoms with Gasteiger partial charge in [0.2, 0.25) is 0 Å². The van der Waals surface area contributed by atoms with Crippen molar-refractivity contribution in [2.24, 2.45) is 5.92 Å². The lowest BCUT2D eigenvalue weighted by Gasteiger charge is -2.23. The van der Waals surface area contributed by atoms with Gasteiger partial charge in [-0.1, -0.05) is 13.8 Å². The summed E-state index contributed by atoms with van der Waals surface area (Å²) in [7, 11) is 6.74. The largest absolute Gasteiger partial charge is 1.00 e. The first-order valence-corrected chi connectivity index (χ1v) is 5.45. The Balaban J connectivity index is 0. The first kappa shape index (κ1) is 15.5. The second kappa shape index (κ2) is 7.44. The summed E-state index contributed by atoms with van der Waals surface area (Å²) in [5.74, 6) is 3.44. The topological polar surface area (TPSA) is 0 Å². The molecule has 0 atom stereocenters. The molecule has 0 radical (unpaired) electrons. The Morgan fingerprint density at radius 3 is 2.00 bits per heavy atom. The van der Waals surface area contributed by atoms with E-state index in [4.69, 9.17) is 0 Å². The summed E-state index contributed by atoms with van der Waals surface area (Å²) in [6, 6.07) is 0. The van der Waals surface area contributed by atoms with Crippen LogP contribution >= 0.6 is 11.8 Å². The Morgan fingerprint density at radius 1 is 1.17 bits per heavy atom. The van der Waals surface area contributed by atoms with Gasteiger partial charge in [-0.15, -0.1) is 0 Å². The zero-order valence-corrected chi connectivity index (χ0v) is 11.9. The molecule has 0 aromatic carbocycles. The van der Waals surface area contributed by atoms with Crippen molar-refractivity contribution in [3.8, 4) is 0 Å². The van der Waals surface area contributed by atoms with E-state index in [0.29, 0.717) is 0 Å². The van der Waals surface area contributed by atoms with E-state index >= 15 is 0 Å². The molecule has 3 heteroatoms. The van der Waals surface area contributed by atoms with E-state index in [9.17, 15) is 0 Å². The van der Waals surface area contributed by atoms with Crippen molar-refractivity contribution in [3.63, 3.8) is 0 Å². The van der Waals surface area contributed by atoms with Crippen molar-refractivity contribution in [1.82, 2.24) is 0 Å². The molecule has 0 bridgehead atoms. The molecule has 12 heavy (non-hydrogen) atoms. The highest BCUT2D eigenvalue weighted by Gasteiger charge is 2.05. The first-order chi connectivity index (χ1) is 4.92. The molecule has 0 spiro atoms. The molecular formula is C9H22INS. The van der Waals surface area contributed by atoms with Crippen molar-refractivity contribution >= 4 is 11.8 Å². The minimum Gasteiger partial charge on any atom is -1.00 e. The zero-order valence-electron chi connectivity index (χ0n) is 8.93. The van der Waals surface area contributed by atoms with Crippen molar-refractivity contribution in [2.45, 2.75) is 13.8 Å². The van der Waals surface area contributed by atoms with Crippen molar-refractivity contribution in [3.05, 3.63) is 0 Å². The van der Waals surface area contributed by atoms with E-state index in [2.05, 4.69) is 46.8 Å². The quantitative estimate of drug-likeness (QED) is 0.360. The van der Waals surface area contributed by atoms with Crippen LogP contribution in [-0.4, -0.2) is 43.7 Å². The van der Waals surface area contributed by atoms with E-state index in [0.717, 1.165) is 10.4 Å². The number of hydrogen-bond donors (Lipinski definition) is 0. The molecule has 0 saturated heterocycles. The van der Waals surface area contributed by atoms with Gasteiger partial charge in [0, 0.05) is 5.75 Å². The molecule has 76 valence electrons. The molecule has 0 aliphatic carbocycles. The fourth-order valence-electron chi connectivity index (χ4n) is 0.657. The summed E-state index contributed by atoms with van der Waals surface area (Å²) in [6.45, 7) is 5.83. The van der Waals surface area contributed by atoms with Crippen LogP contribution in [0.4, 0.5) is 0 Å². The van der Waals surface area contributed by atoms with E-state index in [-0.39, 0.29) is 24.0 Å². The smallest absolute Gasteiger partial charge is 0.0872 e. The van der Waals surface area contributed by atoms with Crippen LogP contribution in [0.25, 0.3) is 0 Å². The minimum absolute atomic E-state index is 0. The highest BCUT2D eigenvalue weighted by Crippen LogP contribution is 2.07. The summed E-state index contributed by atoms with van der Waals surface area (Å²) in [5.41, 5.74) is 0. The maximum atomic E-state index is 2.28. The van der Waals surface area contributed by atoms with Crippen LogP contribution < -0.4 is 24.0 Å². The van der Waals surface area contributed by atoms with Gasteiger partial charge >= 0.3 is 0 Å². The Morgan fingerprint density at radius 2 is 1.67 bits per heavy atom. The van der Waals surface area contributed by atoms with Crippen LogP contribution in [0, 0.1) is 5.92 Å². The summed E-state index contributed by atoms with van der Waals surface area (Å²) >= 11 is 2.07. The van der Waals surface area contributed by atoms with E-state index in [1.165, 1.54) is 18.1 Å². The molecule has 0 N–H and O–H groups in total. The number of quaternary nitrogens is 1. The van der Waals surface area contributed by atoms with Gasteiger partial charge in [-0.25, -0.2) is 0 Å². The van der Waals surface area contributed by atoms with Crippen LogP contribution in [0.3, 0.4) is 0 Å². The summed E-state index contributed by atoms with van der Waals surface area (Å²) < 4.78 is 1.09. The standard InChI is InChI=1S/C9H22NS.HI/c1-9(2)8-11-7-6-10(3,4)5;/h9H,6-8H2,1-5H3;1H/q+1;/p-1. The van der Waals surface area contributed by atoms with Crippen LogP contribution in [-0.2, 0) is 0 Å². The third-order valence-corrected chi connectivity index (χ3v) is 2.73. The van der Waals surface area contributed by atoms with Crippen LogP contribution in [0.1, 0.15) is 13.8 Å². The van der Waals surface area contributed by atoms with E-state index < -0.39 is 0 Å². The fraction of sp³-hybridized carbons (Fsp3) is 1.00. The molecule has 0 aliphatic rings. The van der Waals surface area contributed by atoms with E-state index in [1.54, 1.807) is 0 Å². The number of hydrogen-bond acceptors (Lipinski definition) is 1. The summed E-state index contributed by atoms with van der Waals surface area (Å²) in [5, 5.41) is 0. The predicted molar refractivity (Wildman–Crippen MR) is 55.1 cm³/mol. The van der Waals surface area contributed by atoms with Gasteiger partial charge in [-0.05, 0) is 11.7 Å². The Labute approximate surface area is 98.9 Å². The zero-order chi connectivity index (χ0) is 8.91. The van der Waals surface area contributed by atoms with Crippen LogP contribution in [0.15, 0.2) is 0 Å². The van der Waals surface area contributed by atoms with Crippen LogP contribution in [0.2, 0.25) is 0 Å². The third kappa shape index (κ3) is 13.6. The molecule has 0 amide bonds. The monoisotopic (exact) mass is 303 g/mol. The molecule has 0 aromatic heterocycles. The molecule has 0 aromatic rings. The SMILES string of the molecule is CC(C)CSCC[N+](C)(C)C.[I-]. The average molecular weight is 303 g/mol. The average Bonchev–Trinajstić information content (AvgIpc) is 1.78. The molecule has 0 heterocycles. The van der Waals surface area contributed by atoms with Gasteiger partial charge < -0.3 is 28.5 Å². The van der Waals surface area contributed by atoms with Gasteiger partial charge in [-0.2, -0.15) is 11.8 Å². The predicted octanol–water partition coefficient (Wildman–Crippen LogP) is -0.914. The second-order valence-electron chi connectivity index (χ2n) is 4.48. The molecular weight excluding hydrogens is 281 g/mol. The van der Waals surface area contributed by atoms with Gasteiger partial charge in [0.15, 0.2) is 0 Å². The second-order valence-corrected chi connectivity index (χ2v) is 5.63. The first-order valence-electron chi connectivity index (χ1n) is 4.30. The minimum atomic E-state index is 0. The number of rotatable bonds is 5. The Hall–Kier alpha value is 1.04. The van der Waals surface area contributed by atoms with Crippen LogP contribution in [0.5, 0.6) is 0 Å². The summed E-state index contributed by atoms with van der Waals surface area (Å²) in [4.78, 5) is 0. The van der Waals surface area contributed by atoms with Gasteiger partial charge in [0.25, 0.3) is 0 Å². The number of thioether (sulfide) groups is 1. The lowest BCUT2D eigenvalue weighted by molar-refractivity contribution is -0.867. The van der Waals surface area contributed by atoms with Gasteiger partial charge in [0.05, 0.1) is 27.7 Å². The van der Waals surface area contributed by atoms with Crippen molar-refractivity contribution < 1.29 is 28.5 Å². The highest BCUT2D eigenvalue weighted by atomic mass is 127. The number of halogens is 1. The lowest BCUT2D eigenvalue weighted by atomic mass is 10.3. The van der Waals surface area contributed by atoms with Crippen molar-refractivity contribution in [1.29, 1.82) is 0 Å². The molecule has 0 fully saturated rings. The third-order valence-electron chi connectivity index (χ3n) is 1.36.